The topological polar surface area (TPSA) is 98.6 Å². The van der Waals surface area contributed by atoms with Gasteiger partial charge in [0.05, 0.1) is 12.1 Å². The Bertz CT molecular complexity index is 1010. The molecular weight excluding hydrogens is 396 g/mol. The number of likely N-dealkylation sites (tertiary alicyclic amines) is 2. The van der Waals surface area contributed by atoms with E-state index in [-0.39, 0.29) is 5.91 Å². The van der Waals surface area contributed by atoms with Gasteiger partial charge in [-0.1, -0.05) is 18.6 Å². The minimum Gasteiger partial charge on any atom is -0.391 e. The van der Waals surface area contributed by atoms with Crippen LogP contribution in [0.2, 0.25) is 0 Å². The number of hydrogen-bond acceptors (Lipinski definition) is 5. The molecule has 2 saturated heterocycles. The number of nitrogens with one attached hydrogen (secondary N) is 1. The normalized spacial score (nSPS) is 22.8. The molecule has 1 aromatic carbocycles. The zero-order valence-corrected chi connectivity index (χ0v) is 17.7. The summed E-state index contributed by atoms with van der Waals surface area (Å²) in [5, 5.41) is 10.6. The van der Waals surface area contributed by atoms with Crippen molar-refractivity contribution in [2.45, 2.75) is 50.8 Å². The molecule has 0 spiro atoms. The van der Waals surface area contributed by atoms with Crippen LogP contribution in [0.5, 0.6) is 0 Å². The molecule has 166 valence electrons. The van der Waals surface area contributed by atoms with Crippen molar-refractivity contribution in [2.75, 3.05) is 26.2 Å². The minimum absolute atomic E-state index is 0.0637. The van der Waals surface area contributed by atoms with Gasteiger partial charge in [-0.25, -0.2) is 4.79 Å². The Morgan fingerprint density at radius 2 is 1.68 bits per heavy atom. The van der Waals surface area contributed by atoms with Gasteiger partial charge in [-0.05, 0) is 56.5 Å². The standard InChI is InChI=1S/C23H30N4O4/c28-20-9-14-26(13-8-19(20)27-15-10-21(29)24-23(27)31)22(30)18-6-4-17(5-7-18)16-25-11-2-1-3-12-25/h4-7,10,15,19-20,28H,1-3,8-9,11-14,16H2,(H,24,29,31)/t19-,20-/m0/s1. The number of amides is 1. The smallest absolute Gasteiger partial charge is 0.328 e. The molecule has 2 N–H and O–H groups in total. The molecule has 8 nitrogen and oxygen atoms in total. The SMILES string of the molecule is O=C(c1ccc(CN2CCCCC2)cc1)N1CC[C@H](O)[C@@H](n2ccc(=O)[nH]c2=O)CC1. The summed E-state index contributed by atoms with van der Waals surface area (Å²) in [7, 11) is 0. The number of benzene rings is 1. The number of aliphatic hydroxyl groups is 1. The third-order valence-electron chi connectivity index (χ3n) is 6.39. The van der Waals surface area contributed by atoms with Gasteiger partial charge in [-0.15, -0.1) is 0 Å². The molecule has 2 fully saturated rings. The number of hydrogen-bond donors (Lipinski definition) is 2. The second kappa shape index (κ2) is 9.62. The zero-order valence-electron chi connectivity index (χ0n) is 17.7. The molecule has 4 rings (SSSR count). The van der Waals surface area contributed by atoms with Crippen LogP contribution in [0.25, 0.3) is 0 Å². The fraction of sp³-hybridized carbons (Fsp3) is 0.522. The van der Waals surface area contributed by atoms with Crippen LogP contribution in [0, 0.1) is 0 Å². The molecule has 0 radical (unpaired) electrons. The lowest BCUT2D eigenvalue weighted by Gasteiger charge is -2.26. The largest absolute Gasteiger partial charge is 0.391 e. The van der Waals surface area contributed by atoms with Crippen molar-refractivity contribution >= 4 is 5.91 Å². The first-order valence-corrected chi connectivity index (χ1v) is 11.1. The van der Waals surface area contributed by atoms with Crippen LogP contribution in [-0.2, 0) is 6.54 Å². The highest BCUT2D eigenvalue weighted by molar-refractivity contribution is 5.94. The van der Waals surface area contributed by atoms with Crippen LogP contribution >= 0.6 is 0 Å². The molecule has 2 atom stereocenters. The lowest BCUT2D eigenvalue weighted by atomic mass is 10.1. The molecule has 2 aliphatic rings. The average molecular weight is 427 g/mol. The summed E-state index contributed by atoms with van der Waals surface area (Å²) in [4.78, 5) is 42.9. The first-order chi connectivity index (χ1) is 15.0. The highest BCUT2D eigenvalue weighted by Gasteiger charge is 2.29. The first kappa shape index (κ1) is 21.5. The highest BCUT2D eigenvalue weighted by Crippen LogP contribution is 2.23. The van der Waals surface area contributed by atoms with E-state index in [1.54, 1.807) is 4.90 Å². The average Bonchev–Trinajstić information content (AvgIpc) is 2.96. The van der Waals surface area contributed by atoms with Crippen LogP contribution in [0.3, 0.4) is 0 Å². The summed E-state index contributed by atoms with van der Waals surface area (Å²) in [6.07, 6.45) is 5.27. The molecule has 0 bridgehead atoms. The van der Waals surface area contributed by atoms with Crippen molar-refractivity contribution in [3.8, 4) is 0 Å². The number of piperidine rings is 1. The van der Waals surface area contributed by atoms with Gasteiger partial charge in [-0.3, -0.25) is 24.0 Å². The van der Waals surface area contributed by atoms with Crippen LogP contribution in [0.4, 0.5) is 0 Å². The van der Waals surface area contributed by atoms with Crippen molar-refractivity contribution in [1.29, 1.82) is 0 Å². The molecular formula is C23H30N4O4. The number of H-pyrrole nitrogens is 1. The Balaban J connectivity index is 1.41. The van der Waals surface area contributed by atoms with E-state index in [9.17, 15) is 19.5 Å². The van der Waals surface area contributed by atoms with E-state index in [4.69, 9.17) is 0 Å². The van der Waals surface area contributed by atoms with E-state index in [1.165, 1.54) is 41.7 Å². The van der Waals surface area contributed by atoms with E-state index >= 15 is 0 Å². The summed E-state index contributed by atoms with van der Waals surface area (Å²) in [5.41, 5.74) is 0.837. The zero-order chi connectivity index (χ0) is 21.8. The third kappa shape index (κ3) is 5.14. The molecule has 1 aromatic heterocycles. The minimum atomic E-state index is -0.770. The van der Waals surface area contributed by atoms with Crippen molar-refractivity contribution in [3.05, 3.63) is 68.5 Å². The third-order valence-corrected chi connectivity index (χ3v) is 6.39. The van der Waals surface area contributed by atoms with Crippen molar-refractivity contribution < 1.29 is 9.90 Å². The number of carbonyl (C=O) groups is 1. The second-order valence-corrected chi connectivity index (χ2v) is 8.56. The monoisotopic (exact) mass is 426 g/mol. The van der Waals surface area contributed by atoms with E-state index in [2.05, 4.69) is 9.88 Å². The van der Waals surface area contributed by atoms with Gasteiger partial charge in [0.15, 0.2) is 0 Å². The Hall–Kier alpha value is -2.71. The van der Waals surface area contributed by atoms with Gasteiger partial charge < -0.3 is 10.0 Å². The fourth-order valence-electron chi connectivity index (χ4n) is 4.60. The number of carbonyl (C=O) groups excluding carboxylic acids is 1. The Labute approximate surface area is 181 Å². The van der Waals surface area contributed by atoms with Gasteiger partial charge >= 0.3 is 5.69 Å². The molecule has 31 heavy (non-hydrogen) atoms. The Morgan fingerprint density at radius 3 is 2.39 bits per heavy atom. The highest BCUT2D eigenvalue weighted by atomic mass is 16.3. The van der Waals surface area contributed by atoms with Crippen molar-refractivity contribution in [3.63, 3.8) is 0 Å². The van der Waals surface area contributed by atoms with E-state index in [1.807, 2.05) is 24.3 Å². The van der Waals surface area contributed by atoms with E-state index < -0.39 is 23.4 Å². The quantitative estimate of drug-likeness (QED) is 0.769. The second-order valence-electron chi connectivity index (χ2n) is 8.56. The molecule has 0 saturated carbocycles. The first-order valence-electron chi connectivity index (χ1n) is 11.1. The lowest BCUT2D eigenvalue weighted by Crippen LogP contribution is -2.36. The Kier molecular flexibility index (Phi) is 6.67. The van der Waals surface area contributed by atoms with E-state index in [0.717, 1.165) is 19.6 Å². The number of aromatic nitrogens is 2. The molecule has 2 aromatic rings. The summed E-state index contributed by atoms with van der Waals surface area (Å²) in [5.74, 6) is -0.0637. The molecule has 1 amide bonds. The molecule has 2 aliphatic heterocycles. The van der Waals surface area contributed by atoms with Gasteiger partial charge in [-0.2, -0.15) is 0 Å². The summed E-state index contributed by atoms with van der Waals surface area (Å²) < 4.78 is 1.36. The number of aliphatic hydroxyl groups excluding tert-OH is 1. The Morgan fingerprint density at radius 1 is 0.968 bits per heavy atom. The predicted octanol–water partition coefficient (Wildman–Crippen LogP) is 1.36. The van der Waals surface area contributed by atoms with Gasteiger partial charge in [0, 0.05) is 37.5 Å². The predicted molar refractivity (Wildman–Crippen MR) is 117 cm³/mol. The summed E-state index contributed by atoms with van der Waals surface area (Å²) in [6.45, 7) is 4.04. The van der Waals surface area contributed by atoms with E-state index in [0.29, 0.717) is 31.5 Å². The number of aromatic amines is 1. The van der Waals surface area contributed by atoms with Gasteiger partial charge in [0.1, 0.15) is 0 Å². The molecule has 0 unspecified atom stereocenters. The summed E-state index contributed by atoms with van der Waals surface area (Å²) in [6, 6.07) is 8.61. The maximum absolute atomic E-state index is 13.0. The van der Waals surface area contributed by atoms with Crippen LogP contribution in [0.15, 0.2) is 46.1 Å². The molecule has 0 aliphatic carbocycles. The number of rotatable bonds is 4. The maximum Gasteiger partial charge on any atom is 0.328 e. The summed E-state index contributed by atoms with van der Waals surface area (Å²) >= 11 is 0. The van der Waals surface area contributed by atoms with Crippen molar-refractivity contribution in [2.24, 2.45) is 0 Å². The molecule has 3 heterocycles. The van der Waals surface area contributed by atoms with Gasteiger partial charge in [0.25, 0.3) is 11.5 Å². The lowest BCUT2D eigenvalue weighted by molar-refractivity contribution is 0.0751. The van der Waals surface area contributed by atoms with Crippen LogP contribution in [0.1, 0.15) is 54.1 Å². The molecule has 8 heteroatoms. The van der Waals surface area contributed by atoms with Crippen LogP contribution in [-0.4, -0.2) is 62.6 Å². The van der Waals surface area contributed by atoms with Crippen molar-refractivity contribution in [1.82, 2.24) is 19.4 Å². The number of nitrogens with zero attached hydrogens (tertiary/aromatic N) is 3. The fourth-order valence-corrected chi connectivity index (χ4v) is 4.60. The van der Waals surface area contributed by atoms with Crippen LogP contribution < -0.4 is 11.2 Å². The van der Waals surface area contributed by atoms with Gasteiger partial charge in [0.2, 0.25) is 0 Å². The maximum atomic E-state index is 13.0.